The van der Waals surface area contributed by atoms with Crippen molar-refractivity contribution in [2.45, 2.75) is 32.0 Å². The second-order valence-corrected chi connectivity index (χ2v) is 7.66. The van der Waals surface area contributed by atoms with Crippen molar-refractivity contribution in [2.24, 2.45) is 0 Å². The first kappa shape index (κ1) is 21.8. The standard InChI is InChI=1S/C24H27N3O5/c1-29-20-9-8-19(14-21(20)30-2)24(28)27-12-10-18(11-13-27)23-25-22(32-26-23)16-31-15-17-6-4-3-5-7-17/h3-9,14,18H,10-13,15-16H2,1-2H3. The van der Waals surface area contributed by atoms with E-state index in [0.29, 0.717) is 48.5 Å². The first-order valence-electron chi connectivity index (χ1n) is 10.6. The number of hydrogen-bond acceptors (Lipinski definition) is 7. The van der Waals surface area contributed by atoms with Gasteiger partial charge in [0.15, 0.2) is 17.3 Å². The molecule has 2 heterocycles. The zero-order chi connectivity index (χ0) is 22.3. The van der Waals surface area contributed by atoms with Crippen molar-refractivity contribution in [3.05, 3.63) is 71.4 Å². The Morgan fingerprint density at radius 1 is 1.03 bits per heavy atom. The van der Waals surface area contributed by atoms with Gasteiger partial charge >= 0.3 is 0 Å². The van der Waals surface area contributed by atoms with E-state index in [-0.39, 0.29) is 18.4 Å². The first-order valence-corrected chi connectivity index (χ1v) is 10.6. The van der Waals surface area contributed by atoms with E-state index >= 15 is 0 Å². The van der Waals surface area contributed by atoms with Crippen LogP contribution in [0.25, 0.3) is 0 Å². The normalized spacial score (nSPS) is 14.4. The molecular formula is C24H27N3O5. The van der Waals surface area contributed by atoms with Crippen LogP contribution in [-0.4, -0.2) is 48.3 Å². The molecule has 0 bridgehead atoms. The quantitative estimate of drug-likeness (QED) is 0.529. The molecule has 1 fully saturated rings. The number of benzene rings is 2. The lowest BCUT2D eigenvalue weighted by atomic mass is 9.95. The smallest absolute Gasteiger partial charge is 0.253 e. The molecule has 1 saturated heterocycles. The summed E-state index contributed by atoms with van der Waals surface area (Å²) in [6.07, 6.45) is 1.56. The Bertz CT molecular complexity index is 1030. The largest absolute Gasteiger partial charge is 0.493 e. The van der Waals surface area contributed by atoms with Gasteiger partial charge in [0, 0.05) is 24.6 Å². The summed E-state index contributed by atoms with van der Waals surface area (Å²) in [7, 11) is 3.13. The highest BCUT2D eigenvalue weighted by atomic mass is 16.5. The minimum atomic E-state index is -0.0208. The van der Waals surface area contributed by atoms with Crippen molar-refractivity contribution >= 4 is 5.91 Å². The van der Waals surface area contributed by atoms with Crippen molar-refractivity contribution in [3.63, 3.8) is 0 Å². The van der Waals surface area contributed by atoms with Crippen LogP contribution in [0.2, 0.25) is 0 Å². The highest BCUT2D eigenvalue weighted by Gasteiger charge is 2.28. The van der Waals surface area contributed by atoms with Gasteiger partial charge in [-0.3, -0.25) is 4.79 Å². The third kappa shape index (κ3) is 5.08. The summed E-state index contributed by atoms with van der Waals surface area (Å²) in [6, 6.07) is 15.2. The van der Waals surface area contributed by atoms with Gasteiger partial charge in [0.05, 0.1) is 20.8 Å². The van der Waals surface area contributed by atoms with Crippen molar-refractivity contribution in [1.29, 1.82) is 0 Å². The number of likely N-dealkylation sites (tertiary alicyclic amines) is 1. The fourth-order valence-electron chi connectivity index (χ4n) is 3.82. The highest BCUT2D eigenvalue weighted by Crippen LogP contribution is 2.30. The number of nitrogens with zero attached hydrogens (tertiary/aromatic N) is 3. The van der Waals surface area contributed by atoms with Crippen LogP contribution in [-0.2, 0) is 18.0 Å². The van der Waals surface area contributed by atoms with E-state index in [0.717, 1.165) is 18.4 Å². The predicted molar refractivity (Wildman–Crippen MR) is 117 cm³/mol. The average molecular weight is 437 g/mol. The van der Waals surface area contributed by atoms with Gasteiger partial charge in [0.1, 0.15) is 6.61 Å². The number of carbonyl (C=O) groups excluding carboxylic acids is 1. The third-order valence-corrected chi connectivity index (χ3v) is 5.60. The molecule has 32 heavy (non-hydrogen) atoms. The molecule has 1 aliphatic rings. The number of ether oxygens (including phenoxy) is 3. The topological polar surface area (TPSA) is 86.9 Å². The molecule has 8 heteroatoms. The van der Waals surface area contributed by atoms with Gasteiger partial charge in [-0.05, 0) is 36.6 Å². The van der Waals surface area contributed by atoms with Crippen LogP contribution >= 0.6 is 0 Å². The molecule has 1 amide bonds. The van der Waals surface area contributed by atoms with Crippen molar-refractivity contribution < 1.29 is 23.5 Å². The summed E-state index contributed by atoms with van der Waals surface area (Å²) in [5.74, 6) is 2.44. The molecule has 8 nitrogen and oxygen atoms in total. The maximum Gasteiger partial charge on any atom is 0.253 e. The second-order valence-electron chi connectivity index (χ2n) is 7.66. The van der Waals surface area contributed by atoms with Gasteiger partial charge < -0.3 is 23.6 Å². The van der Waals surface area contributed by atoms with Crippen LogP contribution in [0.15, 0.2) is 53.1 Å². The molecule has 0 atom stereocenters. The molecule has 0 N–H and O–H groups in total. The van der Waals surface area contributed by atoms with Gasteiger partial charge in [0.25, 0.3) is 11.8 Å². The minimum Gasteiger partial charge on any atom is -0.493 e. The number of hydrogen-bond donors (Lipinski definition) is 0. The monoisotopic (exact) mass is 437 g/mol. The van der Waals surface area contributed by atoms with E-state index in [9.17, 15) is 4.79 Å². The lowest BCUT2D eigenvalue weighted by Crippen LogP contribution is -2.38. The maximum absolute atomic E-state index is 12.9. The molecule has 2 aromatic carbocycles. The fourth-order valence-corrected chi connectivity index (χ4v) is 3.82. The number of aromatic nitrogens is 2. The number of carbonyl (C=O) groups is 1. The van der Waals surface area contributed by atoms with Gasteiger partial charge in [-0.1, -0.05) is 35.5 Å². The van der Waals surface area contributed by atoms with E-state index in [4.69, 9.17) is 18.7 Å². The average Bonchev–Trinajstić information content (AvgIpc) is 3.33. The Morgan fingerprint density at radius 2 is 1.78 bits per heavy atom. The fraction of sp³-hybridized carbons (Fsp3) is 0.375. The molecule has 0 spiro atoms. The zero-order valence-electron chi connectivity index (χ0n) is 18.3. The summed E-state index contributed by atoms with van der Waals surface area (Å²) < 4.78 is 21.6. The molecule has 1 aromatic heterocycles. The van der Waals surface area contributed by atoms with Gasteiger partial charge in [-0.15, -0.1) is 0 Å². The summed E-state index contributed by atoms with van der Waals surface area (Å²) in [4.78, 5) is 19.3. The van der Waals surface area contributed by atoms with E-state index in [2.05, 4.69) is 10.1 Å². The van der Waals surface area contributed by atoms with E-state index < -0.39 is 0 Å². The Balaban J connectivity index is 1.29. The SMILES string of the molecule is COc1ccc(C(=O)N2CCC(c3noc(COCc4ccccc4)n3)CC2)cc1OC. The number of amides is 1. The summed E-state index contributed by atoms with van der Waals surface area (Å²) >= 11 is 0. The van der Waals surface area contributed by atoms with Crippen LogP contribution in [0.4, 0.5) is 0 Å². The molecule has 1 aliphatic heterocycles. The van der Waals surface area contributed by atoms with E-state index in [1.807, 2.05) is 35.2 Å². The van der Waals surface area contributed by atoms with Crippen molar-refractivity contribution in [1.82, 2.24) is 15.0 Å². The van der Waals surface area contributed by atoms with Crippen molar-refractivity contribution in [3.8, 4) is 11.5 Å². The highest BCUT2D eigenvalue weighted by molar-refractivity contribution is 5.95. The van der Waals surface area contributed by atoms with Crippen LogP contribution < -0.4 is 9.47 Å². The van der Waals surface area contributed by atoms with Gasteiger partial charge in [-0.2, -0.15) is 4.98 Å². The Morgan fingerprint density at radius 3 is 2.50 bits per heavy atom. The minimum absolute atomic E-state index is 0.0208. The van der Waals surface area contributed by atoms with Crippen LogP contribution in [0, 0.1) is 0 Å². The Kier molecular flexibility index (Phi) is 7.01. The van der Waals surface area contributed by atoms with Gasteiger partial charge in [0.2, 0.25) is 0 Å². The van der Waals surface area contributed by atoms with Gasteiger partial charge in [-0.25, -0.2) is 0 Å². The third-order valence-electron chi connectivity index (χ3n) is 5.60. The van der Waals surface area contributed by atoms with Crippen LogP contribution in [0.5, 0.6) is 11.5 Å². The number of methoxy groups -OCH3 is 2. The Labute approximate surface area is 187 Å². The number of piperidine rings is 1. The van der Waals surface area contributed by atoms with E-state index in [1.165, 1.54) is 0 Å². The summed E-state index contributed by atoms with van der Waals surface area (Å²) in [5, 5.41) is 4.14. The zero-order valence-corrected chi connectivity index (χ0v) is 18.3. The summed E-state index contributed by atoms with van der Waals surface area (Å²) in [6.45, 7) is 2.03. The molecule has 0 aliphatic carbocycles. The van der Waals surface area contributed by atoms with Crippen LogP contribution in [0.1, 0.15) is 46.4 Å². The van der Waals surface area contributed by atoms with E-state index in [1.54, 1.807) is 32.4 Å². The molecular weight excluding hydrogens is 410 g/mol. The lowest BCUT2D eigenvalue weighted by Gasteiger charge is -2.30. The molecule has 0 saturated carbocycles. The predicted octanol–water partition coefficient (Wildman–Crippen LogP) is 3.82. The lowest BCUT2D eigenvalue weighted by molar-refractivity contribution is 0.0710. The molecule has 0 radical (unpaired) electrons. The molecule has 3 aromatic rings. The van der Waals surface area contributed by atoms with Crippen molar-refractivity contribution in [2.75, 3.05) is 27.3 Å². The molecule has 168 valence electrons. The molecule has 4 rings (SSSR count). The maximum atomic E-state index is 12.9. The molecule has 0 unspecified atom stereocenters. The number of rotatable bonds is 8. The van der Waals surface area contributed by atoms with Crippen LogP contribution in [0.3, 0.4) is 0 Å². The second kappa shape index (κ2) is 10.3. The first-order chi connectivity index (χ1) is 15.7. The Hall–Kier alpha value is -3.39. The summed E-state index contributed by atoms with van der Waals surface area (Å²) in [5.41, 5.74) is 1.68.